The predicted octanol–water partition coefficient (Wildman–Crippen LogP) is 2.39. The minimum Gasteiger partial charge on any atom is -0.383 e. The molecule has 0 aliphatic rings. The molecular formula is C13H16N2O2S. The normalized spacial score (nSPS) is 12.8. The lowest BCUT2D eigenvalue weighted by molar-refractivity contribution is 0.560. The molecule has 4 nitrogen and oxygen atoms in total. The van der Waals surface area contributed by atoms with Gasteiger partial charge in [-0.2, -0.15) is 0 Å². The van der Waals surface area contributed by atoms with Crippen molar-refractivity contribution in [2.45, 2.75) is 30.4 Å². The Morgan fingerprint density at radius 2 is 1.83 bits per heavy atom. The molecule has 1 heterocycles. The van der Waals surface area contributed by atoms with Crippen LogP contribution >= 0.6 is 0 Å². The molecule has 0 bridgehead atoms. The minimum atomic E-state index is -3.37. The molecule has 2 aromatic rings. The molecule has 2 N–H and O–H groups in total. The van der Waals surface area contributed by atoms with Gasteiger partial charge in [-0.15, -0.1) is 0 Å². The first-order chi connectivity index (χ1) is 8.23. The number of nitrogens with two attached hydrogens (primary N) is 1. The maximum atomic E-state index is 12.3. The zero-order valence-corrected chi connectivity index (χ0v) is 11.5. The quantitative estimate of drug-likeness (QED) is 0.858. The first kappa shape index (κ1) is 12.8. The van der Waals surface area contributed by atoms with Gasteiger partial charge in [0.15, 0.2) is 9.84 Å². The number of rotatable bonds is 1. The fourth-order valence-electron chi connectivity index (χ4n) is 1.69. The second-order valence-electron chi connectivity index (χ2n) is 5.19. The van der Waals surface area contributed by atoms with E-state index in [4.69, 9.17) is 5.73 Å². The maximum Gasteiger partial charge on any atom is 0.183 e. The standard InChI is InChI=1S/C13H16N2O2S/c1-13(2,3)18(16,17)10-5-4-9-6-7-15-12(14)11(9)8-10/h4-8H,1-3H3,(H2,14,15). The Labute approximate surface area is 107 Å². The Bertz CT molecular complexity index is 700. The molecule has 0 fully saturated rings. The van der Waals surface area contributed by atoms with Crippen molar-refractivity contribution in [3.8, 4) is 0 Å². The van der Waals surface area contributed by atoms with E-state index in [9.17, 15) is 8.42 Å². The first-order valence-corrected chi connectivity index (χ1v) is 7.11. The fourth-order valence-corrected chi connectivity index (χ4v) is 2.92. The lowest BCUT2D eigenvalue weighted by atomic mass is 10.2. The highest BCUT2D eigenvalue weighted by atomic mass is 32.2. The van der Waals surface area contributed by atoms with E-state index in [0.29, 0.717) is 11.2 Å². The van der Waals surface area contributed by atoms with Crippen LogP contribution in [0.2, 0.25) is 0 Å². The number of nitrogens with zero attached hydrogens (tertiary/aromatic N) is 1. The molecule has 96 valence electrons. The van der Waals surface area contributed by atoms with Crippen LogP contribution in [0.15, 0.2) is 35.4 Å². The second kappa shape index (κ2) is 3.95. The Morgan fingerprint density at radius 1 is 1.17 bits per heavy atom. The van der Waals surface area contributed by atoms with Crippen molar-refractivity contribution >= 4 is 26.4 Å². The van der Waals surface area contributed by atoms with Gasteiger partial charge < -0.3 is 5.73 Å². The van der Waals surface area contributed by atoms with E-state index >= 15 is 0 Å². The fraction of sp³-hybridized carbons (Fsp3) is 0.308. The van der Waals surface area contributed by atoms with Gasteiger partial charge in [0, 0.05) is 11.6 Å². The lowest BCUT2D eigenvalue weighted by Gasteiger charge is -2.19. The van der Waals surface area contributed by atoms with E-state index in [1.807, 2.05) is 0 Å². The highest BCUT2D eigenvalue weighted by Gasteiger charge is 2.30. The summed E-state index contributed by atoms with van der Waals surface area (Å²) in [6.07, 6.45) is 1.61. The maximum absolute atomic E-state index is 12.3. The Hall–Kier alpha value is -1.62. The van der Waals surface area contributed by atoms with Crippen molar-refractivity contribution in [1.29, 1.82) is 0 Å². The third kappa shape index (κ3) is 1.95. The van der Waals surface area contributed by atoms with Gasteiger partial charge in [-0.1, -0.05) is 6.07 Å². The summed E-state index contributed by atoms with van der Waals surface area (Å²) in [6, 6.07) is 6.77. The molecule has 0 atom stereocenters. The number of hydrogen-bond donors (Lipinski definition) is 1. The van der Waals surface area contributed by atoms with Gasteiger partial charge >= 0.3 is 0 Å². The van der Waals surface area contributed by atoms with Gasteiger partial charge in [-0.3, -0.25) is 0 Å². The molecule has 0 aliphatic carbocycles. The summed E-state index contributed by atoms with van der Waals surface area (Å²) in [5.74, 6) is 0.346. The van der Waals surface area contributed by atoms with Crippen LogP contribution in [0.25, 0.3) is 10.8 Å². The molecular weight excluding hydrogens is 248 g/mol. The number of sulfone groups is 1. The molecule has 0 amide bonds. The number of pyridine rings is 1. The van der Waals surface area contributed by atoms with Crippen molar-refractivity contribution < 1.29 is 8.42 Å². The van der Waals surface area contributed by atoms with Gasteiger partial charge in [-0.05, 0) is 44.4 Å². The Morgan fingerprint density at radius 3 is 2.44 bits per heavy atom. The van der Waals surface area contributed by atoms with E-state index in [1.165, 1.54) is 0 Å². The van der Waals surface area contributed by atoms with Gasteiger partial charge in [0.05, 0.1) is 9.64 Å². The Balaban J connectivity index is 2.72. The van der Waals surface area contributed by atoms with Crippen LogP contribution in [0.4, 0.5) is 5.82 Å². The van der Waals surface area contributed by atoms with Crippen LogP contribution in [0.1, 0.15) is 20.8 Å². The zero-order valence-electron chi connectivity index (χ0n) is 10.6. The topological polar surface area (TPSA) is 73.0 Å². The van der Waals surface area contributed by atoms with E-state index in [0.717, 1.165) is 5.39 Å². The van der Waals surface area contributed by atoms with Crippen LogP contribution in [0.5, 0.6) is 0 Å². The van der Waals surface area contributed by atoms with E-state index in [2.05, 4.69) is 4.98 Å². The van der Waals surface area contributed by atoms with Crippen LogP contribution < -0.4 is 5.73 Å². The smallest absolute Gasteiger partial charge is 0.183 e. The third-order valence-corrected chi connectivity index (χ3v) is 5.37. The molecule has 0 spiro atoms. The van der Waals surface area contributed by atoms with Gasteiger partial charge in [0.25, 0.3) is 0 Å². The van der Waals surface area contributed by atoms with Crippen molar-refractivity contribution in [2.75, 3.05) is 5.73 Å². The summed E-state index contributed by atoms with van der Waals surface area (Å²) in [7, 11) is -3.37. The second-order valence-corrected chi connectivity index (χ2v) is 7.90. The summed E-state index contributed by atoms with van der Waals surface area (Å²) < 4.78 is 23.9. The van der Waals surface area contributed by atoms with Crippen LogP contribution in [0, 0.1) is 0 Å². The summed E-state index contributed by atoms with van der Waals surface area (Å²) >= 11 is 0. The molecule has 5 heteroatoms. The van der Waals surface area contributed by atoms with Gasteiger partial charge in [0.2, 0.25) is 0 Å². The molecule has 0 saturated carbocycles. The van der Waals surface area contributed by atoms with E-state index < -0.39 is 14.6 Å². The van der Waals surface area contributed by atoms with Crippen molar-refractivity contribution in [2.24, 2.45) is 0 Å². The van der Waals surface area contributed by atoms with Crippen LogP contribution in [-0.2, 0) is 9.84 Å². The van der Waals surface area contributed by atoms with Crippen LogP contribution in [0.3, 0.4) is 0 Å². The lowest BCUT2D eigenvalue weighted by Crippen LogP contribution is -2.27. The average Bonchev–Trinajstić information content (AvgIpc) is 2.27. The van der Waals surface area contributed by atoms with Crippen molar-refractivity contribution in [1.82, 2.24) is 4.98 Å². The molecule has 1 aromatic heterocycles. The molecule has 0 saturated heterocycles. The number of nitrogen functional groups attached to an aromatic ring is 1. The first-order valence-electron chi connectivity index (χ1n) is 5.62. The number of hydrogen-bond acceptors (Lipinski definition) is 4. The van der Waals surface area contributed by atoms with Gasteiger partial charge in [0.1, 0.15) is 5.82 Å². The zero-order chi connectivity index (χ0) is 13.6. The van der Waals surface area contributed by atoms with Crippen LogP contribution in [-0.4, -0.2) is 18.1 Å². The van der Waals surface area contributed by atoms with E-state index in [1.54, 1.807) is 51.2 Å². The number of aromatic nitrogens is 1. The number of fused-ring (bicyclic) bond motifs is 1. The number of anilines is 1. The molecule has 0 aliphatic heterocycles. The monoisotopic (exact) mass is 264 g/mol. The summed E-state index contributed by atoms with van der Waals surface area (Å²) in [6.45, 7) is 5.04. The predicted molar refractivity (Wildman–Crippen MR) is 73.1 cm³/mol. The summed E-state index contributed by atoms with van der Waals surface area (Å²) in [4.78, 5) is 4.26. The summed E-state index contributed by atoms with van der Waals surface area (Å²) in [5.41, 5.74) is 5.77. The SMILES string of the molecule is CC(C)(C)S(=O)(=O)c1ccc2ccnc(N)c2c1. The van der Waals surface area contributed by atoms with E-state index in [-0.39, 0.29) is 4.90 Å². The largest absolute Gasteiger partial charge is 0.383 e. The molecule has 1 aromatic carbocycles. The minimum absolute atomic E-state index is 0.280. The molecule has 2 rings (SSSR count). The average molecular weight is 264 g/mol. The molecule has 0 radical (unpaired) electrons. The molecule has 18 heavy (non-hydrogen) atoms. The molecule has 0 unspecified atom stereocenters. The van der Waals surface area contributed by atoms with Crippen molar-refractivity contribution in [3.63, 3.8) is 0 Å². The number of benzene rings is 1. The van der Waals surface area contributed by atoms with Gasteiger partial charge in [-0.25, -0.2) is 13.4 Å². The van der Waals surface area contributed by atoms with Crippen molar-refractivity contribution in [3.05, 3.63) is 30.5 Å². The Kier molecular flexibility index (Phi) is 2.81. The highest BCUT2D eigenvalue weighted by Crippen LogP contribution is 2.28. The highest BCUT2D eigenvalue weighted by molar-refractivity contribution is 7.92. The summed E-state index contributed by atoms with van der Waals surface area (Å²) in [5, 5.41) is 1.55. The third-order valence-electron chi connectivity index (χ3n) is 2.88.